The van der Waals surface area contributed by atoms with Gasteiger partial charge in [-0.3, -0.25) is 14.9 Å². The highest BCUT2D eigenvalue weighted by Gasteiger charge is 2.48. The Morgan fingerprint density at radius 1 is 1.27 bits per heavy atom. The fraction of sp³-hybridized carbons (Fsp3) is 0.857. The van der Waals surface area contributed by atoms with Crippen molar-refractivity contribution in [2.45, 2.75) is 23.8 Å². The van der Waals surface area contributed by atoms with E-state index in [4.69, 9.17) is 9.84 Å². The highest BCUT2D eigenvalue weighted by molar-refractivity contribution is 8.01. The lowest BCUT2D eigenvalue weighted by Crippen LogP contribution is -2.53. The maximum Gasteiger partial charge on any atom is 0.240 e. The van der Waals surface area contributed by atoms with E-state index in [1.807, 2.05) is 4.90 Å². The maximum atomic E-state index is 12.5. The zero-order valence-corrected chi connectivity index (χ0v) is 13.4. The van der Waals surface area contributed by atoms with Gasteiger partial charge in [-0.2, -0.15) is 0 Å². The molecular weight excluding hydrogens is 306 g/mol. The summed E-state index contributed by atoms with van der Waals surface area (Å²) in [4.78, 5) is 27.9. The van der Waals surface area contributed by atoms with E-state index in [1.54, 1.807) is 16.7 Å². The van der Waals surface area contributed by atoms with E-state index in [9.17, 15) is 9.59 Å². The summed E-state index contributed by atoms with van der Waals surface area (Å²) < 4.78 is 5.29. The van der Waals surface area contributed by atoms with E-state index >= 15 is 0 Å². The minimum Gasteiger partial charge on any atom is -0.396 e. The van der Waals surface area contributed by atoms with Gasteiger partial charge in [0.2, 0.25) is 11.8 Å². The molecule has 3 heterocycles. The Kier molecular flexibility index (Phi) is 4.91. The predicted octanol–water partition coefficient (Wildman–Crippen LogP) is -1.14. The van der Waals surface area contributed by atoms with Crippen molar-refractivity contribution in [3.05, 3.63) is 0 Å². The first-order chi connectivity index (χ1) is 10.6. The average molecular weight is 329 g/mol. The van der Waals surface area contributed by atoms with Crippen LogP contribution in [0.25, 0.3) is 0 Å². The van der Waals surface area contributed by atoms with Crippen LogP contribution in [0.15, 0.2) is 0 Å². The molecule has 2 atom stereocenters. The number of likely N-dealkylation sites (tertiary alicyclic amines) is 1. The molecule has 0 saturated carbocycles. The normalized spacial score (nSPS) is 32.0. The van der Waals surface area contributed by atoms with Crippen molar-refractivity contribution in [1.82, 2.24) is 15.1 Å². The second kappa shape index (κ2) is 6.74. The monoisotopic (exact) mass is 329 g/mol. The third-order valence-corrected chi connectivity index (χ3v) is 6.00. The number of nitrogens with one attached hydrogen (secondary N) is 1. The topological polar surface area (TPSA) is 82.1 Å². The van der Waals surface area contributed by atoms with Crippen molar-refractivity contribution in [3.8, 4) is 0 Å². The van der Waals surface area contributed by atoms with Crippen molar-refractivity contribution in [2.24, 2.45) is 0 Å². The fourth-order valence-corrected chi connectivity index (χ4v) is 4.69. The van der Waals surface area contributed by atoms with E-state index in [2.05, 4.69) is 5.32 Å². The Balaban J connectivity index is 1.55. The van der Waals surface area contributed by atoms with Crippen LogP contribution in [0, 0.1) is 0 Å². The number of carbonyl (C=O) groups is 2. The Morgan fingerprint density at radius 2 is 2.05 bits per heavy atom. The molecule has 1 unspecified atom stereocenters. The molecule has 0 aromatic heterocycles. The lowest BCUT2D eigenvalue weighted by molar-refractivity contribution is -0.137. The van der Waals surface area contributed by atoms with E-state index in [0.29, 0.717) is 39.4 Å². The molecule has 1 spiro atoms. The lowest BCUT2D eigenvalue weighted by atomic mass is 10.2. The number of thioether (sulfide) groups is 1. The molecule has 0 aliphatic carbocycles. The number of morpholine rings is 1. The van der Waals surface area contributed by atoms with E-state index < -0.39 is 0 Å². The number of nitrogens with zero attached hydrogens (tertiary/aromatic N) is 2. The summed E-state index contributed by atoms with van der Waals surface area (Å²) in [5.41, 5.74) is 0. The summed E-state index contributed by atoms with van der Waals surface area (Å²) in [6, 6.07) is -0.170. The van der Waals surface area contributed by atoms with Gasteiger partial charge in [0, 0.05) is 38.4 Å². The Labute approximate surface area is 134 Å². The summed E-state index contributed by atoms with van der Waals surface area (Å²) in [6.45, 7) is 3.74. The summed E-state index contributed by atoms with van der Waals surface area (Å²) in [6.07, 6.45) is 1.03. The first-order valence-corrected chi connectivity index (χ1v) is 8.79. The number of ether oxygens (including phenoxy) is 1. The third kappa shape index (κ3) is 3.24. The van der Waals surface area contributed by atoms with Gasteiger partial charge in [-0.25, -0.2) is 0 Å². The molecule has 0 aromatic carbocycles. The van der Waals surface area contributed by atoms with Gasteiger partial charge in [0.25, 0.3) is 0 Å². The van der Waals surface area contributed by atoms with Gasteiger partial charge < -0.3 is 19.6 Å². The first kappa shape index (κ1) is 16.0. The zero-order valence-electron chi connectivity index (χ0n) is 12.6. The molecular formula is C14H23N3O4S. The van der Waals surface area contributed by atoms with Crippen LogP contribution in [0.2, 0.25) is 0 Å². The molecule has 2 N–H and O–H groups in total. The van der Waals surface area contributed by atoms with Crippen molar-refractivity contribution < 1.29 is 19.4 Å². The number of rotatable bonds is 3. The van der Waals surface area contributed by atoms with Gasteiger partial charge in [-0.15, -0.1) is 11.8 Å². The van der Waals surface area contributed by atoms with E-state index in [0.717, 1.165) is 12.2 Å². The fourth-order valence-electron chi connectivity index (χ4n) is 3.27. The summed E-state index contributed by atoms with van der Waals surface area (Å²) in [5.74, 6) is 0.885. The lowest BCUT2D eigenvalue weighted by Gasteiger charge is -2.30. The average Bonchev–Trinajstić information content (AvgIpc) is 3.15. The standard InChI is InChI=1S/C14H23N3O4S/c18-6-1-12(19)17-3-2-14(10-17)15-11(9-22-14)13(20)16-4-7-21-8-5-16/h11,15,18H,1-10H2/t11-,14?/m0/s1. The molecule has 3 fully saturated rings. The molecule has 3 aliphatic heterocycles. The van der Waals surface area contributed by atoms with Crippen molar-refractivity contribution in [1.29, 1.82) is 0 Å². The predicted molar refractivity (Wildman–Crippen MR) is 82.4 cm³/mol. The maximum absolute atomic E-state index is 12.5. The number of aliphatic hydroxyl groups is 1. The largest absolute Gasteiger partial charge is 0.396 e. The van der Waals surface area contributed by atoms with Crippen molar-refractivity contribution in [2.75, 3.05) is 51.8 Å². The van der Waals surface area contributed by atoms with Gasteiger partial charge >= 0.3 is 0 Å². The van der Waals surface area contributed by atoms with Crippen LogP contribution in [0.3, 0.4) is 0 Å². The molecule has 0 bridgehead atoms. The van der Waals surface area contributed by atoms with Crippen molar-refractivity contribution >= 4 is 23.6 Å². The Bertz CT molecular complexity index is 444. The van der Waals surface area contributed by atoms with Crippen LogP contribution in [0.1, 0.15) is 12.8 Å². The van der Waals surface area contributed by atoms with Gasteiger partial charge in [-0.1, -0.05) is 0 Å². The van der Waals surface area contributed by atoms with Crippen LogP contribution >= 0.6 is 11.8 Å². The summed E-state index contributed by atoms with van der Waals surface area (Å²) in [5, 5.41) is 12.3. The SMILES string of the molecule is O=C(CCO)N1CCC2(C1)N[C@H](C(=O)N1CCOCC1)CS2. The van der Waals surface area contributed by atoms with Gasteiger partial charge in [-0.05, 0) is 6.42 Å². The molecule has 3 saturated heterocycles. The quantitative estimate of drug-likeness (QED) is 0.681. The zero-order chi connectivity index (χ0) is 15.6. The second-order valence-corrected chi connectivity index (χ2v) is 7.38. The highest BCUT2D eigenvalue weighted by atomic mass is 32.2. The first-order valence-electron chi connectivity index (χ1n) is 7.80. The highest BCUT2D eigenvalue weighted by Crippen LogP contribution is 2.38. The van der Waals surface area contributed by atoms with E-state index in [1.165, 1.54) is 0 Å². The second-order valence-electron chi connectivity index (χ2n) is 5.98. The molecule has 2 amide bonds. The smallest absolute Gasteiger partial charge is 0.240 e. The number of aliphatic hydroxyl groups excluding tert-OH is 1. The van der Waals surface area contributed by atoms with Crippen LogP contribution in [0.4, 0.5) is 0 Å². The number of hydrogen-bond donors (Lipinski definition) is 2. The molecule has 22 heavy (non-hydrogen) atoms. The van der Waals surface area contributed by atoms with Crippen molar-refractivity contribution in [3.63, 3.8) is 0 Å². The van der Waals surface area contributed by atoms with E-state index in [-0.39, 0.29) is 35.8 Å². The van der Waals surface area contributed by atoms with Crippen LogP contribution < -0.4 is 5.32 Å². The van der Waals surface area contributed by atoms with Crippen LogP contribution in [-0.4, -0.2) is 89.4 Å². The molecule has 0 radical (unpaired) electrons. The molecule has 3 rings (SSSR count). The molecule has 8 heteroatoms. The minimum absolute atomic E-state index is 0.00951. The minimum atomic E-state index is -0.197. The van der Waals surface area contributed by atoms with Gasteiger partial charge in [0.05, 0.1) is 30.7 Å². The van der Waals surface area contributed by atoms with Crippen LogP contribution in [0.5, 0.6) is 0 Å². The van der Waals surface area contributed by atoms with Crippen LogP contribution in [-0.2, 0) is 14.3 Å². The molecule has 0 aromatic rings. The summed E-state index contributed by atoms with van der Waals surface area (Å²) >= 11 is 1.75. The molecule has 3 aliphatic rings. The van der Waals surface area contributed by atoms with Gasteiger partial charge in [0.1, 0.15) is 0 Å². The Morgan fingerprint density at radius 3 is 2.77 bits per heavy atom. The third-order valence-electron chi connectivity index (χ3n) is 4.49. The molecule has 7 nitrogen and oxygen atoms in total. The Hall–Kier alpha value is -0.830. The number of hydrogen-bond acceptors (Lipinski definition) is 6. The molecule has 124 valence electrons. The number of amides is 2. The van der Waals surface area contributed by atoms with Gasteiger partial charge in [0.15, 0.2) is 0 Å². The summed E-state index contributed by atoms with van der Waals surface area (Å²) in [7, 11) is 0. The number of carbonyl (C=O) groups excluding carboxylic acids is 2.